The Bertz CT molecular complexity index is 1200. The van der Waals surface area contributed by atoms with E-state index in [1.807, 2.05) is 118 Å². The highest BCUT2D eigenvalue weighted by molar-refractivity contribution is 6.33. The zero-order valence-corrected chi connectivity index (χ0v) is 30.8. The van der Waals surface area contributed by atoms with Crippen LogP contribution < -0.4 is 4.70 Å². The molecule has 2 aromatic carbocycles. The van der Waals surface area contributed by atoms with Crippen LogP contribution in [-0.4, -0.2) is 73.7 Å². The van der Waals surface area contributed by atoms with Gasteiger partial charge in [0.1, 0.15) is 17.4 Å². The van der Waals surface area contributed by atoms with E-state index in [9.17, 15) is 22.5 Å². The Labute approximate surface area is 291 Å². The van der Waals surface area contributed by atoms with Gasteiger partial charge in [-0.3, -0.25) is 17.8 Å². The lowest BCUT2D eigenvalue weighted by Gasteiger charge is -2.27. The van der Waals surface area contributed by atoms with Crippen LogP contribution in [0.2, 0.25) is 0 Å². The summed E-state index contributed by atoms with van der Waals surface area (Å²) in [5, 5.41) is 8.16. The van der Waals surface area contributed by atoms with Crippen molar-refractivity contribution in [3.63, 3.8) is 0 Å². The van der Waals surface area contributed by atoms with Crippen molar-refractivity contribution in [1.29, 1.82) is 5.39 Å². The average Bonchev–Trinajstić information content (AvgIpc) is 3.74. The first-order chi connectivity index (χ1) is 22.6. The number of halogens is 4. The molecule has 0 N–H and O–H groups in total. The van der Waals surface area contributed by atoms with Crippen molar-refractivity contribution >= 4 is 25.4 Å². The third kappa shape index (κ3) is 23.8. The number of nitrogens with zero attached hydrogens (tertiary/aromatic N) is 4. The number of amides is 2. The average molecular weight is 699 g/mol. The van der Waals surface area contributed by atoms with Gasteiger partial charge in [0.15, 0.2) is 4.98 Å². The molecule has 0 saturated carbocycles. The number of ether oxygens (including phenoxy) is 3. The molecule has 2 unspecified atom stereocenters. The maximum Gasteiger partial charge on any atom is 0.762 e. The van der Waals surface area contributed by atoms with Gasteiger partial charge in [-0.25, -0.2) is 9.59 Å². The first-order valence-electron chi connectivity index (χ1n) is 16.1. The van der Waals surface area contributed by atoms with Gasteiger partial charge in [0.25, 0.3) is 0 Å². The Hall–Kier alpha value is -4.12. The second-order valence-electron chi connectivity index (χ2n) is 11.7. The van der Waals surface area contributed by atoms with Crippen LogP contribution in [0.25, 0.3) is 4.98 Å². The van der Waals surface area contributed by atoms with E-state index in [0.717, 1.165) is 6.42 Å². The molecule has 276 valence electrons. The second kappa shape index (κ2) is 26.8. The van der Waals surface area contributed by atoms with E-state index in [2.05, 4.69) is 17.1 Å². The Morgan fingerprint density at radius 1 is 0.796 bits per heavy atom. The number of methoxy groups -OCH3 is 1. The highest BCUT2D eigenvalue weighted by Gasteiger charge is 2.38. The van der Waals surface area contributed by atoms with Gasteiger partial charge in [-0.1, -0.05) is 88.4 Å². The summed E-state index contributed by atoms with van der Waals surface area (Å²) >= 11 is 0. The zero-order valence-electron chi connectivity index (χ0n) is 30.8. The van der Waals surface area contributed by atoms with Gasteiger partial charge in [-0.2, -0.15) is 0 Å². The first kappa shape index (κ1) is 49.3. The molecule has 9 nitrogen and oxygen atoms in total. The molecule has 4 rings (SSSR count). The lowest BCUT2D eigenvalue weighted by atomic mass is 9.98. The minimum absolute atomic E-state index is 0. The fourth-order valence-electron chi connectivity index (χ4n) is 3.95. The Morgan fingerprint density at radius 3 is 1.57 bits per heavy atom. The third-order valence-electron chi connectivity index (χ3n) is 5.76. The van der Waals surface area contributed by atoms with E-state index in [0.29, 0.717) is 31.2 Å². The first-order valence-corrected chi connectivity index (χ1v) is 16.1. The molecule has 1 saturated heterocycles. The predicted molar refractivity (Wildman–Crippen MR) is 187 cm³/mol. The minimum Gasteiger partial charge on any atom is -1.00 e. The molecule has 2 heterocycles. The summed E-state index contributed by atoms with van der Waals surface area (Å²) < 4.78 is 45.0. The Kier molecular flexibility index (Phi) is 26.9. The molecule has 1 fully saturated rings. The lowest BCUT2D eigenvalue weighted by Crippen LogP contribution is -3.00. The van der Waals surface area contributed by atoms with Gasteiger partial charge in [0, 0.05) is 51.2 Å². The Balaban J connectivity index is -0.000000622. The van der Waals surface area contributed by atoms with E-state index in [1.165, 1.54) is 5.56 Å². The number of carbonyl (C=O) groups is 2. The minimum atomic E-state index is -3.67. The van der Waals surface area contributed by atoms with Crippen molar-refractivity contribution in [3.8, 4) is 0 Å². The van der Waals surface area contributed by atoms with Crippen LogP contribution in [0.1, 0.15) is 87.1 Å². The molecule has 0 bridgehead atoms. The number of diazo groups is 1. The molecule has 0 spiro atoms. The van der Waals surface area contributed by atoms with Crippen molar-refractivity contribution in [3.05, 3.63) is 83.4 Å². The lowest BCUT2D eigenvalue weighted by molar-refractivity contribution is -0.0306. The van der Waals surface area contributed by atoms with Gasteiger partial charge in [0.05, 0.1) is 0 Å². The van der Waals surface area contributed by atoms with Crippen LogP contribution in [-0.2, 0) is 14.2 Å². The predicted octanol–water partition coefficient (Wildman–Crippen LogP) is 7.28. The van der Waals surface area contributed by atoms with E-state index in [1.54, 1.807) is 29.0 Å². The van der Waals surface area contributed by atoms with Gasteiger partial charge in [0.2, 0.25) is 5.39 Å². The number of hydrogen-bond acceptors (Lipinski definition) is 6. The standard InChI is InChI=1S/C16H23NO3.C9H15NO2.C6H5N2.2C2H6.BF3.FH/c1-16(2,3)20-15(18)17-11-13(10-14(17)19-4)12-8-6-5-7-9-12;1-9(2,3)12-8(11)10-6-4-5-7-10;7-8-6-4-2-1-3-5-6;2*1-2;2-1(3)4;/h5-9,13-14H,10-11H2,1-4H3;4-5H,6-7H2,1-3H3;1-5H;2*1-2H3;;1H/q;;+1;;;;/p-1. The third-order valence-corrected chi connectivity index (χ3v) is 5.76. The number of likely N-dealkylation sites (tertiary alicyclic amines) is 1. The largest absolute Gasteiger partial charge is 1.00 e. The topological polar surface area (TPSA) is 96.5 Å². The summed E-state index contributed by atoms with van der Waals surface area (Å²) in [4.78, 5) is 29.9. The summed E-state index contributed by atoms with van der Waals surface area (Å²) in [5.41, 5.74) is 0.952. The molecule has 2 amide bonds. The fourth-order valence-corrected chi connectivity index (χ4v) is 3.95. The fraction of sp³-hybridized carbons (Fsp3) is 0.543. The quantitative estimate of drug-likeness (QED) is 0.142. The highest BCUT2D eigenvalue weighted by atomic mass is 19.4. The molecule has 2 aliphatic heterocycles. The molecule has 2 atom stereocenters. The summed E-state index contributed by atoms with van der Waals surface area (Å²) in [6.45, 7) is 21.2. The van der Waals surface area contributed by atoms with Gasteiger partial charge in [-0.05, 0) is 47.1 Å². The summed E-state index contributed by atoms with van der Waals surface area (Å²) in [6.07, 6.45) is 3.98. The Morgan fingerprint density at radius 2 is 1.20 bits per heavy atom. The molecule has 14 heteroatoms. The van der Waals surface area contributed by atoms with Crippen LogP contribution in [0.5, 0.6) is 0 Å². The maximum absolute atomic E-state index is 12.2. The van der Waals surface area contributed by atoms with Crippen molar-refractivity contribution < 1.29 is 41.5 Å². The molecular weight excluding hydrogens is 643 g/mol. The summed E-state index contributed by atoms with van der Waals surface area (Å²) in [6, 6.07) is 19.2. The molecular formula is C35H55BF4N4O5. The van der Waals surface area contributed by atoms with Crippen LogP contribution in [0.15, 0.2) is 72.8 Å². The van der Waals surface area contributed by atoms with Crippen LogP contribution in [0.4, 0.5) is 28.2 Å². The summed E-state index contributed by atoms with van der Waals surface area (Å²) in [5.74, 6) is 0.300. The molecule has 49 heavy (non-hydrogen) atoms. The number of carbonyl (C=O) groups excluding carboxylic acids is 2. The van der Waals surface area contributed by atoms with Crippen molar-refractivity contribution in [2.45, 2.75) is 99.0 Å². The van der Waals surface area contributed by atoms with Crippen molar-refractivity contribution in [2.24, 2.45) is 0 Å². The monoisotopic (exact) mass is 698 g/mol. The number of rotatable bonds is 2. The van der Waals surface area contributed by atoms with Gasteiger partial charge >= 0.3 is 25.4 Å². The van der Waals surface area contributed by atoms with Gasteiger partial charge < -0.3 is 23.8 Å². The second-order valence-corrected chi connectivity index (χ2v) is 11.7. The van der Waals surface area contributed by atoms with Crippen LogP contribution in [0, 0.1) is 5.39 Å². The van der Waals surface area contributed by atoms with Crippen molar-refractivity contribution in [2.75, 3.05) is 26.7 Å². The van der Waals surface area contributed by atoms with E-state index < -0.39 is 13.1 Å². The van der Waals surface area contributed by atoms with Crippen LogP contribution in [0.3, 0.4) is 0 Å². The smallest absolute Gasteiger partial charge is 0.762 e. The number of benzene rings is 2. The molecule has 0 aliphatic carbocycles. The zero-order chi connectivity index (χ0) is 37.3. The SMILES string of the molecule is CC.CC.CC(C)(C)OC(=O)N1CC=CC1.COC1CC(c2ccccc2)CN1C(=O)OC(C)(C)C.FB(F)F.N#[N+]c1ccccc1.[F-]. The number of hydrogen-bond donors (Lipinski definition) is 0. The molecule has 2 aliphatic rings. The van der Waals surface area contributed by atoms with E-state index >= 15 is 0 Å². The normalized spacial score (nSPS) is 15.5. The van der Waals surface area contributed by atoms with E-state index in [4.69, 9.17) is 19.6 Å². The van der Waals surface area contributed by atoms with Crippen LogP contribution >= 0.6 is 0 Å². The molecule has 2 aromatic rings. The summed E-state index contributed by atoms with van der Waals surface area (Å²) in [7, 11) is -2.03. The molecule has 0 aromatic heterocycles. The van der Waals surface area contributed by atoms with Crippen molar-refractivity contribution in [1.82, 2.24) is 9.80 Å². The maximum atomic E-state index is 12.2. The highest BCUT2D eigenvalue weighted by Crippen LogP contribution is 2.33. The van der Waals surface area contributed by atoms with Gasteiger partial charge in [-0.15, -0.1) is 0 Å². The van der Waals surface area contributed by atoms with E-state index in [-0.39, 0.29) is 28.7 Å². The molecule has 0 radical (unpaired) electrons.